The maximum Gasteiger partial charge on any atom is 0.243 e. The van der Waals surface area contributed by atoms with Crippen molar-refractivity contribution in [2.24, 2.45) is 0 Å². The summed E-state index contributed by atoms with van der Waals surface area (Å²) in [6.07, 6.45) is 0.135. The van der Waals surface area contributed by atoms with E-state index in [-0.39, 0.29) is 18.1 Å². The second-order valence-corrected chi connectivity index (χ2v) is 4.47. The SMILES string of the molecule is CC(=O)c1cccc(N2CCNC(=O)C2CC#N)c1. The van der Waals surface area contributed by atoms with Gasteiger partial charge in [0, 0.05) is 24.3 Å². The molecule has 5 heteroatoms. The number of benzene rings is 1. The Morgan fingerprint density at radius 1 is 1.58 bits per heavy atom. The molecule has 98 valence electrons. The number of nitriles is 1. The average Bonchev–Trinajstić information content (AvgIpc) is 2.41. The minimum atomic E-state index is -0.485. The van der Waals surface area contributed by atoms with Crippen molar-refractivity contribution in [2.75, 3.05) is 18.0 Å². The molecule has 1 heterocycles. The summed E-state index contributed by atoms with van der Waals surface area (Å²) in [5, 5.41) is 11.6. The molecular weight excluding hydrogens is 242 g/mol. The zero-order chi connectivity index (χ0) is 13.8. The van der Waals surface area contributed by atoms with Gasteiger partial charge in [0.25, 0.3) is 0 Å². The first-order chi connectivity index (χ1) is 9.13. The first-order valence-electron chi connectivity index (χ1n) is 6.16. The Bertz CT molecular complexity index is 548. The summed E-state index contributed by atoms with van der Waals surface area (Å²) in [5.74, 6) is -0.152. The van der Waals surface area contributed by atoms with Crippen LogP contribution in [0.1, 0.15) is 23.7 Å². The van der Waals surface area contributed by atoms with Gasteiger partial charge >= 0.3 is 0 Å². The molecular formula is C14H15N3O2. The average molecular weight is 257 g/mol. The Balaban J connectivity index is 2.32. The van der Waals surface area contributed by atoms with Crippen LogP contribution in [0.15, 0.2) is 24.3 Å². The monoisotopic (exact) mass is 257 g/mol. The van der Waals surface area contributed by atoms with Gasteiger partial charge in [0.2, 0.25) is 5.91 Å². The molecule has 1 aliphatic heterocycles. The van der Waals surface area contributed by atoms with Gasteiger partial charge in [-0.3, -0.25) is 9.59 Å². The lowest BCUT2D eigenvalue weighted by molar-refractivity contribution is -0.123. The first-order valence-corrected chi connectivity index (χ1v) is 6.16. The van der Waals surface area contributed by atoms with Gasteiger partial charge < -0.3 is 10.2 Å². The number of nitrogens with one attached hydrogen (secondary N) is 1. The van der Waals surface area contributed by atoms with E-state index in [1.165, 1.54) is 6.92 Å². The maximum atomic E-state index is 11.8. The van der Waals surface area contributed by atoms with Crippen LogP contribution in [-0.4, -0.2) is 30.8 Å². The van der Waals surface area contributed by atoms with E-state index in [9.17, 15) is 9.59 Å². The number of anilines is 1. The highest BCUT2D eigenvalue weighted by Gasteiger charge is 2.29. The Morgan fingerprint density at radius 2 is 2.37 bits per heavy atom. The third-order valence-electron chi connectivity index (χ3n) is 3.20. The standard InChI is InChI=1S/C14H15N3O2/c1-10(18)11-3-2-4-12(9-11)17-8-7-16-14(19)13(17)5-6-15/h2-4,9,13H,5,7-8H2,1H3,(H,16,19). The number of piperazine rings is 1. The Morgan fingerprint density at radius 3 is 3.05 bits per heavy atom. The number of hydrogen-bond acceptors (Lipinski definition) is 4. The molecule has 1 unspecified atom stereocenters. The van der Waals surface area contributed by atoms with Crippen molar-refractivity contribution in [3.8, 4) is 6.07 Å². The number of Topliss-reactive ketones (excluding diaryl/α,β-unsaturated/α-hetero) is 1. The van der Waals surface area contributed by atoms with Crippen molar-refractivity contribution < 1.29 is 9.59 Å². The van der Waals surface area contributed by atoms with Crippen LogP contribution in [0.3, 0.4) is 0 Å². The topological polar surface area (TPSA) is 73.2 Å². The van der Waals surface area contributed by atoms with Crippen molar-refractivity contribution in [2.45, 2.75) is 19.4 Å². The summed E-state index contributed by atoms with van der Waals surface area (Å²) < 4.78 is 0. The van der Waals surface area contributed by atoms with Gasteiger partial charge in [-0.15, -0.1) is 0 Å². The third-order valence-corrected chi connectivity index (χ3v) is 3.20. The van der Waals surface area contributed by atoms with Crippen molar-refractivity contribution in [3.63, 3.8) is 0 Å². The molecule has 1 atom stereocenters. The van der Waals surface area contributed by atoms with Crippen LogP contribution in [0, 0.1) is 11.3 Å². The maximum absolute atomic E-state index is 11.8. The molecule has 2 rings (SSSR count). The zero-order valence-electron chi connectivity index (χ0n) is 10.7. The minimum absolute atomic E-state index is 0.0138. The predicted molar refractivity (Wildman–Crippen MR) is 70.8 cm³/mol. The summed E-state index contributed by atoms with van der Waals surface area (Å²) in [6, 6.07) is 8.71. The summed E-state index contributed by atoms with van der Waals surface area (Å²) in [6.45, 7) is 2.69. The van der Waals surface area contributed by atoms with Crippen molar-refractivity contribution in [3.05, 3.63) is 29.8 Å². The minimum Gasteiger partial charge on any atom is -0.357 e. The predicted octanol–water partition coefficient (Wildman–Crippen LogP) is 1.11. The fourth-order valence-corrected chi connectivity index (χ4v) is 2.22. The Kier molecular flexibility index (Phi) is 3.81. The van der Waals surface area contributed by atoms with Crippen LogP contribution in [0.25, 0.3) is 0 Å². The molecule has 1 fully saturated rings. The van der Waals surface area contributed by atoms with Crippen LogP contribution < -0.4 is 10.2 Å². The van der Waals surface area contributed by atoms with Crippen LogP contribution in [-0.2, 0) is 4.79 Å². The van der Waals surface area contributed by atoms with Crippen LogP contribution in [0.2, 0.25) is 0 Å². The number of carbonyl (C=O) groups is 2. The molecule has 1 aliphatic rings. The summed E-state index contributed by atoms with van der Waals surface area (Å²) in [7, 11) is 0. The lowest BCUT2D eigenvalue weighted by atomic mass is 10.1. The highest BCUT2D eigenvalue weighted by atomic mass is 16.2. The second kappa shape index (κ2) is 5.53. The van der Waals surface area contributed by atoms with Gasteiger partial charge in [-0.25, -0.2) is 0 Å². The molecule has 1 aromatic carbocycles. The Labute approximate surface area is 111 Å². The van der Waals surface area contributed by atoms with Gasteiger partial charge in [-0.2, -0.15) is 5.26 Å². The molecule has 0 spiro atoms. The van der Waals surface area contributed by atoms with E-state index in [0.717, 1.165) is 5.69 Å². The van der Waals surface area contributed by atoms with Crippen LogP contribution >= 0.6 is 0 Å². The van der Waals surface area contributed by atoms with Crippen molar-refractivity contribution in [1.82, 2.24) is 5.32 Å². The van der Waals surface area contributed by atoms with Crippen LogP contribution in [0.5, 0.6) is 0 Å². The smallest absolute Gasteiger partial charge is 0.243 e. The van der Waals surface area contributed by atoms with E-state index in [0.29, 0.717) is 18.7 Å². The zero-order valence-corrected chi connectivity index (χ0v) is 10.7. The molecule has 0 radical (unpaired) electrons. The highest BCUT2D eigenvalue weighted by molar-refractivity contribution is 5.95. The summed E-state index contributed by atoms with van der Waals surface area (Å²) >= 11 is 0. The van der Waals surface area contributed by atoms with E-state index in [1.54, 1.807) is 18.2 Å². The lowest BCUT2D eigenvalue weighted by Crippen LogP contribution is -2.55. The fourth-order valence-electron chi connectivity index (χ4n) is 2.22. The van der Waals surface area contributed by atoms with E-state index in [4.69, 9.17) is 5.26 Å². The van der Waals surface area contributed by atoms with Gasteiger partial charge in [0.1, 0.15) is 6.04 Å². The summed E-state index contributed by atoms with van der Waals surface area (Å²) in [4.78, 5) is 25.1. The molecule has 1 amide bonds. The fraction of sp³-hybridized carbons (Fsp3) is 0.357. The van der Waals surface area contributed by atoms with Gasteiger partial charge in [0.05, 0.1) is 12.5 Å². The molecule has 0 bridgehead atoms. The number of nitrogens with zero attached hydrogens (tertiary/aromatic N) is 2. The van der Waals surface area contributed by atoms with E-state index in [2.05, 4.69) is 5.32 Å². The van der Waals surface area contributed by atoms with E-state index in [1.807, 2.05) is 17.0 Å². The number of rotatable bonds is 3. The van der Waals surface area contributed by atoms with Crippen molar-refractivity contribution >= 4 is 17.4 Å². The molecule has 5 nitrogen and oxygen atoms in total. The molecule has 1 aromatic rings. The molecule has 19 heavy (non-hydrogen) atoms. The molecule has 1 N–H and O–H groups in total. The molecule has 0 saturated carbocycles. The Hall–Kier alpha value is -2.35. The van der Waals surface area contributed by atoms with Crippen molar-refractivity contribution in [1.29, 1.82) is 5.26 Å². The van der Waals surface area contributed by atoms with Gasteiger partial charge in [0.15, 0.2) is 5.78 Å². The second-order valence-electron chi connectivity index (χ2n) is 4.47. The largest absolute Gasteiger partial charge is 0.357 e. The quantitative estimate of drug-likeness (QED) is 0.823. The first kappa shape index (κ1) is 13.1. The normalized spacial score (nSPS) is 18.6. The van der Waals surface area contributed by atoms with E-state index >= 15 is 0 Å². The number of ketones is 1. The summed E-state index contributed by atoms with van der Waals surface area (Å²) in [5.41, 5.74) is 1.42. The van der Waals surface area contributed by atoms with Gasteiger partial charge in [-0.05, 0) is 19.1 Å². The third kappa shape index (κ3) is 2.74. The molecule has 0 aromatic heterocycles. The van der Waals surface area contributed by atoms with E-state index < -0.39 is 6.04 Å². The lowest BCUT2D eigenvalue weighted by Gasteiger charge is -2.35. The number of hydrogen-bond donors (Lipinski definition) is 1. The molecule has 1 saturated heterocycles. The highest BCUT2D eigenvalue weighted by Crippen LogP contribution is 2.22. The van der Waals surface area contributed by atoms with Gasteiger partial charge in [-0.1, -0.05) is 12.1 Å². The number of carbonyl (C=O) groups excluding carboxylic acids is 2. The number of amides is 1. The van der Waals surface area contributed by atoms with Crippen LogP contribution in [0.4, 0.5) is 5.69 Å². The molecule has 0 aliphatic carbocycles.